The maximum Gasteiger partial charge on any atom is 0.115 e. The molecule has 1 saturated carbocycles. The summed E-state index contributed by atoms with van der Waals surface area (Å²) in [5.74, 6) is 0.337. The molecule has 1 aliphatic rings. The highest BCUT2D eigenvalue weighted by molar-refractivity contribution is 5.25. The van der Waals surface area contributed by atoms with E-state index in [0.717, 1.165) is 26.0 Å². The Morgan fingerprint density at radius 1 is 1.25 bits per heavy atom. The number of hydrogen-bond donors (Lipinski definition) is 2. The average molecular weight is 277 g/mol. The van der Waals surface area contributed by atoms with Gasteiger partial charge in [0, 0.05) is 12.6 Å². The molecule has 1 aliphatic carbocycles. The van der Waals surface area contributed by atoms with Gasteiger partial charge in [0.25, 0.3) is 0 Å². The minimum atomic E-state index is 0.337. The third-order valence-electron chi connectivity index (χ3n) is 4.05. The molecule has 3 heteroatoms. The van der Waals surface area contributed by atoms with Crippen molar-refractivity contribution in [3.05, 3.63) is 29.8 Å². The summed E-state index contributed by atoms with van der Waals surface area (Å²) >= 11 is 0. The summed E-state index contributed by atoms with van der Waals surface area (Å²) in [6.45, 7) is 3.98. The Hall–Kier alpha value is -1.06. The van der Waals surface area contributed by atoms with Crippen molar-refractivity contribution in [3.8, 4) is 5.75 Å². The fourth-order valence-corrected chi connectivity index (χ4v) is 2.73. The molecule has 1 aromatic rings. The zero-order valence-corrected chi connectivity index (χ0v) is 12.5. The fourth-order valence-electron chi connectivity index (χ4n) is 2.73. The van der Waals surface area contributed by atoms with Gasteiger partial charge in [0.15, 0.2) is 0 Å². The molecule has 2 rings (SSSR count). The van der Waals surface area contributed by atoms with Gasteiger partial charge in [-0.05, 0) is 50.3 Å². The number of phenols is 1. The lowest BCUT2D eigenvalue weighted by atomic mass is 10.1. The first-order chi connectivity index (χ1) is 9.74. The van der Waals surface area contributed by atoms with E-state index in [1.807, 2.05) is 12.1 Å². The minimum absolute atomic E-state index is 0.337. The summed E-state index contributed by atoms with van der Waals surface area (Å²) < 4.78 is 5.84. The molecule has 0 amide bonds. The van der Waals surface area contributed by atoms with Crippen molar-refractivity contribution in [2.75, 3.05) is 13.2 Å². The Labute approximate surface area is 122 Å². The van der Waals surface area contributed by atoms with E-state index in [2.05, 4.69) is 12.2 Å². The number of aromatic hydroxyl groups is 1. The van der Waals surface area contributed by atoms with Gasteiger partial charge in [-0.3, -0.25) is 0 Å². The number of aryl methyl sites for hydroxylation is 1. The van der Waals surface area contributed by atoms with Crippen LogP contribution in [0.4, 0.5) is 0 Å². The molecule has 1 atom stereocenters. The van der Waals surface area contributed by atoms with Crippen LogP contribution in [0, 0.1) is 0 Å². The summed E-state index contributed by atoms with van der Waals surface area (Å²) in [6, 6.07) is 7.98. The van der Waals surface area contributed by atoms with Crippen molar-refractivity contribution < 1.29 is 9.84 Å². The van der Waals surface area contributed by atoms with Gasteiger partial charge < -0.3 is 15.2 Å². The van der Waals surface area contributed by atoms with Crippen molar-refractivity contribution in [2.24, 2.45) is 0 Å². The molecule has 20 heavy (non-hydrogen) atoms. The van der Waals surface area contributed by atoms with Crippen molar-refractivity contribution in [1.82, 2.24) is 5.32 Å². The van der Waals surface area contributed by atoms with Crippen molar-refractivity contribution in [3.63, 3.8) is 0 Å². The van der Waals surface area contributed by atoms with E-state index in [1.165, 1.54) is 31.2 Å². The van der Waals surface area contributed by atoms with Crippen LogP contribution in [0.25, 0.3) is 0 Å². The topological polar surface area (TPSA) is 41.5 Å². The lowest BCUT2D eigenvalue weighted by molar-refractivity contribution is 0.0592. The van der Waals surface area contributed by atoms with E-state index >= 15 is 0 Å². The smallest absolute Gasteiger partial charge is 0.115 e. The fraction of sp³-hybridized carbons (Fsp3) is 0.647. The van der Waals surface area contributed by atoms with E-state index in [-0.39, 0.29) is 0 Å². The van der Waals surface area contributed by atoms with Crippen LogP contribution >= 0.6 is 0 Å². The Bertz CT molecular complexity index is 371. The van der Waals surface area contributed by atoms with Gasteiger partial charge in [-0.15, -0.1) is 0 Å². The maximum atomic E-state index is 9.24. The molecule has 0 aliphatic heterocycles. The predicted molar refractivity (Wildman–Crippen MR) is 82.1 cm³/mol. The molecule has 0 aromatic heterocycles. The first kappa shape index (κ1) is 15.3. The molecule has 3 nitrogen and oxygen atoms in total. The van der Waals surface area contributed by atoms with E-state index in [1.54, 1.807) is 12.1 Å². The molecule has 1 unspecified atom stereocenters. The van der Waals surface area contributed by atoms with Crippen molar-refractivity contribution >= 4 is 0 Å². The second kappa shape index (κ2) is 8.28. The first-order valence-corrected chi connectivity index (χ1v) is 7.87. The minimum Gasteiger partial charge on any atom is -0.508 e. The van der Waals surface area contributed by atoms with Crippen LogP contribution in [0.1, 0.15) is 44.6 Å². The molecule has 0 heterocycles. The summed E-state index contributed by atoms with van der Waals surface area (Å²) in [5, 5.41) is 12.8. The number of phenolic OH excluding ortho intramolecular Hbond substituents is 1. The highest BCUT2D eigenvalue weighted by atomic mass is 16.5. The molecular weight excluding hydrogens is 250 g/mol. The molecule has 0 radical (unpaired) electrons. The Balaban J connectivity index is 1.53. The second-order valence-electron chi connectivity index (χ2n) is 5.84. The van der Waals surface area contributed by atoms with E-state index in [4.69, 9.17) is 4.74 Å². The molecule has 1 fully saturated rings. The lowest BCUT2D eigenvalue weighted by Crippen LogP contribution is -2.30. The number of benzene rings is 1. The molecule has 2 N–H and O–H groups in total. The summed E-state index contributed by atoms with van der Waals surface area (Å²) in [7, 11) is 0. The molecular formula is C17H27NO2. The third kappa shape index (κ3) is 5.51. The van der Waals surface area contributed by atoms with E-state index in [9.17, 15) is 5.11 Å². The normalized spacial score (nSPS) is 17.4. The maximum absolute atomic E-state index is 9.24. The van der Waals surface area contributed by atoms with Gasteiger partial charge in [0.2, 0.25) is 0 Å². The van der Waals surface area contributed by atoms with Gasteiger partial charge in [-0.25, -0.2) is 0 Å². The standard InChI is InChI=1S/C17H27NO2/c1-14(6-7-15-8-10-16(19)11-9-15)18-12-13-20-17-4-2-3-5-17/h8-11,14,17-19H,2-7,12-13H2,1H3. The van der Waals surface area contributed by atoms with E-state index < -0.39 is 0 Å². The highest BCUT2D eigenvalue weighted by Crippen LogP contribution is 2.20. The van der Waals surface area contributed by atoms with Crippen molar-refractivity contribution in [1.29, 1.82) is 0 Å². The third-order valence-corrected chi connectivity index (χ3v) is 4.05. The summed E-state index contributed by atoms with van der Waals surface area (Å²) in [6.07, 6.45) is 7.82. The Kier molecular flexibility index (Phi) is 6.34. The Morgan fingerprint density at radius 2 is 1.95 bits per heavy atom. The predicted octanol–water partition coefficient (Wildman–Crippen LogP) is 3.26. The number of nitrogens with one attached hydrogen (secondary N) is 1. The van der Waals surface area contributed by atoms with Crippen molar-refractivity contribution in [2.45, 2.75) is 57.6 Å². The van der Waals surface area contributed by atoms with Crippen LogP contribution in [0.2, 0.25) is 0 Å². The quantitative estimate of drug-likeness (QED) is 0.717. The van der Waals surface area contributed by atoms with Crippen LogP contribution in [-0.2, 0) is 11.2 Å². The first-order valence-electron chi connectivity index (χ1n) is 7.87. The molecule has 1 aromatic carbocycles. The zero-order chi connectivity index (χ0) is 14.2. The monoisotopic (exact) mass is 277 g/mol. The van der Waals surface area contributed by atoms with Crippen LogP contribution in [0.15, 0.2) is 24.3 Å². The molecule has 0 bridgehead atoms. The van der Waals surface area contributed by atoms with Crippen LogP contribution < -0.4 is 5.32 Å². The summed E-state index contributed by atoms with van der Waals surface area (Å²) in [4.78, 5) is 0. The van der Waals surface area contributed by atoms with Gasteiger partial charge in [0.1, 0.15) is 5.75 Å². The largest absolute Gasteiger partial charge is 0.508 e. The molecule has 112 valence electrons. The molecule has 0 saturated heterocycles. The number of hydrogen-bond acceptors (Lipinski definition) is 3. The SMILES string of the molecule is CC(CCc1ccc(O)cc1)NCCOC1CCCC1. The Morgan fingerprint density at radius 3 is 2.65 bits per heavy atom. The van der Waals surface area contributed by atoms with E-state index in [0.29, 0.717) is 17.9 Å². The van der Waals surface area contributed by atoms with Crippen LogP contribution in [0.3, 0.4) is 0 Å². The highest BCUT2D eigenvalue weighted by Gasteiger charge is 2.14. The average Bonchev–Trinajstić information content (AvgIpc) is 2.96. The van der Waals surface area contributed by atoms with Gasteiger partial charge in [0.05, 0.1) is 12.7 Å². The van der Waals surface area contributed by atoms with Crippen LogP contribution in [-0.4, -0.2) is 30.4 Å². The number of rotatable bonds is 8. The lowest BCUT2D eigenvalue weighted by Gasteiger charge is -2.16. The van der Waals surface area contributed by atoms with Gasteiger partial charge in [-0.1, -0.05) is 25.0 Å². The second-order valence-corrected chi connectivity index (χ2v) is 5.84. The number of ether oxygens (including phenoxy) is 1. The zero-order valence-electron chi connectivity index (χ0n) is 12.5. The van der Waals surface area contributed by atoms with Gasteiger partial charge in [-0.2, -0.15) is 0 Å². The van der Waals surface area contributed by atoms with Gasteiger partial charge >= 0.3 is 0 Å². The van der Waals surface area contributed by atoms with Crippen LogP contribution in [0.5, 0.6) is 5.75 Å². The molecule has 0 spiro atoms. The summed E-state index contributed by atoms with van der Waals surface area (Å²) in [5.41, 5.74) is 1.28.